The molecule has 1 aliphatic rings. The molecule has 1 saturated carbocycles. The van der Waals surface area contributed by atoms with E-state index in [0.29, 0.717) is 12.0 Å². The Kier molecular flexibility index (Phi) is 4.41. The molecule has 88 valence electrons. The molecule has 0 saturated heterocycles. The number of anilines is 1. The summed E-state index contributed by atoms with van der Waals surface area (Å²) in [7, 11) is 0. The fraction of sp³-hybridized carbons (Fsp3) is 0.636. The third-order valence-corrected chi connectivity index (χ3v) is 4.07. The van der Waals surface area contributed by atoms with Crippen LogP contribution >= 0.6 is 27.5 Å². The quantitative estimate of drug-likeness (QED) is 0.869. The third kappa shape index (κ3) is 2.86. The van der Waals surface area contributed by atoms with Crippen molar-refractivity contribution in [2.75, 3.05) is 11.2 Å². The van der Waals surface area contributed by atoms with Gasteiger partial charge in [-0.25, -0.2) is 9.97 Å². The molecule has 0 bridgehead atoms. The van der Waals surface area contributed by atoms with Crippen molar-refractivity contribution in [3.8, 4) is 0 Å². The second-order valence-electron chi connectivity index (χ2n) is 4.17. The number of hydrogen-bond donors (Lipinski definition) is 1. The second-order valence-corrected chi connectivity index (χ2v) is 5.33. The smallest absolute Gasteiger partial charge is 0.143 e. The second kappa shape index (κ2) is 5.82. The topological polar surface area (TPSA) is 37.8 Å². The Labute approximate surface area is 109 Å². The number of halogens is 2. The Morgan fingerprint density at radius 3 is 3.00 bits per heavy atom. The molecule has 1 heterocycles. The van der Waals surface area contributed by atoms with Crippen molar-refractivity contribution in [1.82, 2.24) is 9.97 Å². The van der Waals surface area contributed by atoms with Gasteiger partial charge in [0.15, 0.2) is 0 Å². The minimum Gasteiger partial charge on any atom is -0.366 e. The molecular formula is C11H15BrClN3. The van der Waals surface area contributed by atoms with Gasteiger partial charge in [0.05, 0.1) is 4.47 Å². The van der Waals surface area contributed by atoms with Crippen molar-refractivity contribution in [3.63, 3.8) is 0 Å². The summed E-state index contributed by atoms with van der Waals surface area (Å²) in [6, 6.07) is 0.442. The Morgan fingerprint density at radius 2 is 2.25 bits per heavy atom. The van der Waals surface area contributed by atoms with Crippen molar-refractivity contribution in [3.05, 3.63) is 17.0 Å². The van der Waals surface area contributed by atoms with Crippen LogP contribution in [0.3, 0.4) is 0 Å². The van der Waals surface area contributed by atoms with Gasteiger partial charge < -0.3 is 5.32 Å². The van der Waals surface area contributed by atoms with Crippen LogP contribution in [0.5, 0.6) is 0 Å². The number of rotatable bonds is 3. The predicted molar refractivity (Wildman–Crippen MR) is 69.8 cm³/mol. The van der Waals surface area contributed by atoms with Gasteiger partial charge in [-0.1, -0.05) is 12.8 Å². The lowest BCUT2D eigenvalue weighted by Crippen LogP contribution is -2.33. The molecule has 2 atom stereocenters. The lowest BCUT2D eigenvalue weighted by molar-refractivity contribution is 0.352. The van der Waals surface area contributed by atoms with Crippen molar-refractivity contribution >= 4 is 33.3 Å². The summed E-state index contributed by atoms with van der Waals surface area (Å²) in [5.74, 6) is 2.15. The van der Waals surface area contributed by atoms with Gasteiger partial charge in [-0.05, 0) is 34.7 Å². The highest BCUT2D eigenvalue weighted by atomic mass is 79.9. The molecule has 1 N–H and O–H groups in total. The van der Waals surface area contributed by atoms with Gasteiger partial charge >= 0.3 is 0 Å². The third-order valence-electron chi connectivity index (χ3n) is 3.10. The Morgan fingerprint density at radius 1 is 1.44 bits per heavy atom. The Bertz CT molecular complexity index is 348. The van der Waals surface area contributed by atoms with Gasteiger partial charge in [0, 0.05) is 18.1 Å². The maximum Gasteiger partial charge on any atom is 0.143 e. The molecule has 0 amide bonds. The van der Waals surface area contributed by atoms with Crippen molar-refractivity contribution in [2.24, 2.45) is 5.92 Å². The normalized spacial score (nSPS) is 25.4. The van der Waals surface area contributed by atoms with Crippen LogP contribution in [0, 0.1) is 5.92 Å². The summed E-state index contributed by atoms with van der Waals surface area (Å²) in [4.78, 5) is 8.18. The average Bonchev–Trinajstić information content (AvgIpc) is 2.33. The summed E-state index contributed by atoms with van der Waals surface area (Å²) in [6.45, 7) is 0. The zero-order valence-electron chi connectivity index (χ0n) is 9.00. The van der Waals surface area contributed by atoms with E-state index in [9.17, 15) is 0 Å². The molecule has 0 aliphatic heterocycles. The molecule has 0 radical (unpaired) electrons. The van der Waals surface area contributed by atoms with Crippen LogP contribution in [0.4, 0.5) is 5.82 Å². The number of alkyl halides is 1. The Balaban J connectivity index is 2.05. The lowest BCUT2D eigenvalue weighted by Gasteiger charge is -2.31. The van der Waals surface area contributed by atoms with Crippen molar-refractivity contribution in [1.29, 1.82) is 0 Å². The minimum absolute atomic E-state index is 0.442. The first-order valence-electron chi connectivity index (χ1n) is 5.59. The fourth-order valence-electron chi connectivity index (χ4n) is 2.18. The number of nitrogens with one attached hydrogen (secondary N) is 1. The fourth-order valence-corrected chi connectivity index (χ4v) is 2.88. The maximum absolute atomic E-state index is 6.00. The number of aromatic nitrogens is 2. The predicted octanol–water partition coefficient (Wildman–Crippen LogP) is 3.45. The van der Waals surface area contributed by atoms with Gasteiger partial charge in [-0.2, -0.15) is 0 Å². The van der Waals surface area contributed by atoms with Crippen LogP contribution in [0.25, 0.3) is 0 Å². The molecule has 5 heteroatoms. The van der Waals surface area contributed by atoms with Crippen molar-refractivity contribution < 1.29 is 0 Å². The molecule has 1 aromatic heterocycles. The minimum atomic E-state index is 0.442. The summed E-state index contributed by atoms with van der Waals surface area (Å²) >= 11 is 9.44. The largest absolute Gasteiger partial charge is 0.366 e. The molecule has 16 heavy (non-hydrogen) atoms. The first-order chi connectivity index (χ1) is 7.81. The molecule has 0 aromatic carbocycles. The SMILES string of the molecule is ClCC1CCCCC1Nc1ncncc1Br. The van der Waals surface area contributed by atoms with E-state index < -0.39 is 0 Å². The van der Waals surface area contributed by atoms with Crippen LogP contribution in [-0.2, 0) is 0 Å². The van der Waals surface area contributed by atoms with E-state index in [-0.39, 0.29) is 0 Å². The number of hydrogen-bond acceptors (Lipinski definition) is 3. The monoisotopic (exact) mass is 303 g/mol. The van der Waals surface area contributed by atoms with E-state index in [0.717, 1.165) is 16.2 Å². The van der Waals surface area contributed by atoms with E-state index in [1.165, 1.54) is 25.7 Å². The molecule has 1 fully saturated rings. The van der Waals surface area contributed by atoms with Crippen LogP contribution in [0.15, 0.2) is 17.0 Å². The van der Waals surface area contributed by atoms with Gasteiger partial charge in [-0.3, -0.25) is 0 Å². The molecule has 0 spiro atoms. The zero-order valence-corrected chi connectivity index (χ0v) is 11.3. The first kappa shape index (κ1) is 12.1. The average molecular weight is 305 g/mol. The maximum atomic E-state index is 6.00. The van der Waals surface area contributed by atoms with Crippen LogP contribution in [-0.4, -0.2) is 21.9 Å². The van der Waals surface area contributed by atoms with E-state index in [4.69, 9.17) is 11.6 Å². The lowest BCUT2D eigenvalue weighted by atomic mass is 9.86. The number of nitrogens with zero attached hydrogens (tertiary/aromatic N) is 2. The van der Waals surface area contributed by atoms with Crippen molar-refractivity contribution in [2.45, 2.75) is 31.7 Å². The summed E-state index contributed by atoms with van der Waals surface area (Å²) < 4.78 is 0.911. The van der Waals surface area contributed by atoms with Gasteiger partial charge in [-0.15, -0.1) is 11.6 Å². The van der Waals surface area contributed by atoms with Gasteiger partial charge in [0.1, 0.15) is 12.1 Å². The van der Waals surface area contributed by atoms with Crippen LogP contribution in [0.2, 0.25) is 0 Å². The van der Waals surface area contributed by atoms with Gasteiger partial charge in [0.2, 0.25) is 0 Å². The highest BCUT2D eigenvalue weighted by molar-refractivity contribution is 9.10. The highest BCUT2D eigenvalue weighted by Crippen LogP contribution is 2.29. The van der Waals surface area contributed by atoms with Gasteiger partial charge in [0.25, 0.3) is 0 Å². The first-order valence-corrected chi connectivity index (χ1v) is 6.92. The highest BCUT2D eigenvalue weighted by Gasteiger charge is 2.24. The Hall–Kier alpha value is -0.350. The van der Waals surface area contributed by atoms with E-state index in [1.54, 1.807) is 12.5 Å². The van der Waals surface area contributed by atoms with E-state index in [1.807, 2.05) is 0 Å². The zero-order chi connectivity index (χ0) is 11.4. The van der Waals surface area contributed by atoms with E-state index in [2.05, 4.69) is 31.2 Å². The molecule has 1 aliphatic carbocycles. The molecule has 1 aromatic rings. The molecule has 2 rings (SSSR count). The standard InChI is InChI=1S/C11H15BrClN3/c12-9-6-14-7-15-11(9)16-10-4-2-1-3-8(10)5-13/h6-8,10H,1-5H2,(H,14,15,16). The summed E-state index contributed by atoms with van der Waals surface area (Å²) in [6.07, 6.45) is 8.27. The molecule has 3 nitrogen and oxygen atoms in total. The van der Waals surface area contributed by atoms with E-state index >= 15 is 0 Å². The molecular weight excluding hydrogens is 289 g/mol. The van der Waals surface area contributed by atoms with Crippen LogP contribution in [0.1, 0.15) is 25.7 Å². The van der Waals surface area contributed by atoms with Crippen LogP contribution < -0.4 is 5.32 Å². The summed E-state index contributed by atoms with van der Waals surface area (Å²) in [5.41, 5.74) is 0. The molecule has 2 unspecified atom stereocenters. The summed E-state index contributed by atoms with van der Waals surface area (Å²) in [5, 5.41) is 3.47.